The molecule has 2 heterocycles. The van der Waals surface area contributed by atoms with E-state index in [1.807, 2.05) is 30.3 Å². The summed E-state index contributed by atoms with van der Waals surface area (Å²) < 4.78 is 6.05. The molecule has 0 radical (unpaired) electrons. The first-order valence-electron chi connectivity index (χ1n) is 9.31. The summed E-state index contributed by atoms with van der Waals surface area (Å²) in [6.45, 7) is 2.85. The molecule has 3 aromatic rings. The predicted molar refractivity (Wildman–Crippen MR) is 116 cm³/mol. The first-order valence-corrected chi connectivity index (χ1v) is 10.1. The molecule has 160 valence electrons. The number of ether oxygens (including phenoxy) is 1. The van der Waals surface area contributed by atoms with Gasteiger partial charge in [0.25, 0.3) is 11.2 Å². The summed E-state index contributed by atoms with van der Waals surface area (Å²) in [6, 6.07) is 12.1. The molecule has 0 aliphatic carbocycles. The molecular weight excluding hydrogens is 422 g/mol. The Morgan fingerprint density at radius 2 is 1.94 bits per heavy atom. The highest BCUT2D eigenvalue weighted by Gasteiger charge is 2.21. The molecule has 0 unspecified atom stereocenters. The highest BCUT2D eigenvalue weighted by Crippen LogP contribution is 2.36. The van der Waals surface area contributed by atoms with Crippen LogP contribution in [0.4, 0.5) is 10.7 Å². The Kier molecular flexibility index (Phi) is 6.61. The number of nitrogens with zero attached hydrogens (tertiary/aromatic N) is 2. The SMILES string of the molecule is CCOC(=O)c1cc(-c2ccccc2)sc1NC(=O)Cn1cc([N+](=O)[O-])cc(C)c1=O. The maximum absolute atomic E-state index is 12.6. The van der Waals surface area contributed by atoms with Crippen molar-refractivity contribution in [3.8, 4) is 10.4 Å². The molecule has 1 N–H and O–H groups in total. The number of aryl methyl sites for hydroxylation is 1. The topological polar surface area (TPSA) is 121 Å². The minimum atomic E-state index is -0.634. The summed E-state index contributed by atoms with van der Waals surface area (Å²) in [5.74, 6) is -1.19. The van der Waals surface area contributed by atoms with Gasteiger partial charge in [-0.15, -0.1) is 11.3 Å². The first kappa shape index (κ1) is 21.9. The van der Waals surface area contributed by atoms with Crippen LogP contribution in [0.15, 0.2) is 53.5 Å². The van der Waals surface area contributed by atoms with Gasteiger partial charge in [0.15, 0.2) is 0 Å². The van der Waals surface area contributed by atoms with Crippen LogP contribution in [0.5, 0.6) is 0 Å². The molecule has 1 amide bonds. The van der Waals surface area contributed by atoms with Gasteiger partial charge in [0.05, 0.1) is 23.3 Å². The molecule has 0 atom stereocenters. The van der Waals surface area contributed by atoms with E-state index in [1.165, 1.54) is 18.3 Å². The Morgan fingerprint density at radius 3 is 2.58 bits per heavy atom. The summed E-state index contributed by atoms with van der Waals surface area (Å²) in [7, 11) is 0. The second-order valence-electron chi connectivity index (χ2n) is 6.56. The number of anilines is 1. The number of aromatic nitrogens is 1. The van der Waals surface area contributed by atoms with E-state index in [0.29, 0.717) is 0 Å². The molecule has 31 heavy (non-hydrogen) atoms. The highest BCUT2D eigenvalue weighted by atomic mass is 32.1. The van der Waals surface area contributed by atoms with Gasteiger partial charge in [-0.2, -0.15) is 0 Å². The van der Waals surface area contributed by atoms with Crippen LogP contribution in [-0.2, 0) is 16.1 Å². The molecule has 0 aliphatic heterocycles. The van der Waals surface area contributed by atoms with Crippen molar-refractivity contribution in [2.75, 3.05) is 11.9 Å². The molecular formula is C21H19N3O6S. The Balaban J connectivity index is 1.90. The summed E-state index contributed by atoms with van der Waals surface area (Å²) in [5, 5.41) is 14.0. The van der Waals surface area contributed by atoms with E-state index in [-0.39, 0.29) is 28.4 Å². The third-order valence-corrected chi connectivity index (χ3v) is 5.41. The molecule has 9 nitrogen and oxygen atoms in total. The Labute approximate surface area is 181 Å². The fourth-order valence-corrected chi connectivity index (χ4v) is 3.96. The van der Waals surface area contributed by atoms with Crippen LogP contribution in [0.3, 0.4) is 0 Å². The van der Waals surface area contributed by atoms with Crippen LogP contribution in [0.25, 0.3) is 10.4 Å². The quantitative estimate of drug-likeness (QED) is 0.340. The number of pyridine rings is 1. The molecule has 0 saturated carbocycles. The molecule has 1 aromatic carbocycles. The van der Waals surface area contributed by atoms with Gasteiger partial charge in [-0.25, -0.2) is 4.79 Å². The van der Waals surface area contributed by atoms with Crippen LogP contribution in [0.2, 0.25) is 0 Å². The number of nitro groups is 1. The number of nitrogens with one attached hydrogen (secondary N) is 1. The van der Waals surface area contributed by atoms with Gasteiger partial charge in [0.1, 0.15) is 11.5 Å². The van der Waals surface area contributed by atoms with Crippen LogP contribution in [-0.4, -0.2) is 28.0 Å². The molecule has 0 bridgehead atoms. The van der Waals surface area contributed by atoms with Crippen LogP contribution in [0, 0.1) is 17.0 Å². The molecule has 0 spiro atoms. The van der Waals surface area contributed by atoms with Crippen molar-refractivity contribution in [2.45, 2.75) is 20.4 Å². The fourth-order valence-electron chi connectivity index (χ4n) is 2.89. The van der Waals surface area contributed by atoms with Gasteiger partial charge < -0.3 is 10.1 Å². The second kappa shape index (κ2) is 9.35. The lowest BCUT2D eigenvalue weighted by Crippen LogP contribution is -2.29. The second-order valence-corrected chi connectivity index (χ2v) is 7.61. The molecule has 3 rings (SSSR count). The zero-order chi connectivity index (χ0) is 22.5. The van der Waals surface area contributed by atoms with E-state index >= 15 is 0 Å². The van der Waals surface area contributed by atoms with Crippen molar-refractivity contribution in [3.05, 3.63) is 80.3 Å². The third kappa shape index (κ3) is 5.04. The number of carbonyl (C=O) groups excluding carboxylic acids is 2. The summed E-state index contributed by atoms with van der Waals surface area (Å²) in [4.78, 5) is 48.4. The normalized spacial score (nSPS) is 10.5. The van der Waals surface area contributed by atoms with Crippen molar-refractivity contribution in [1.82, 2.24) is 4.57 Å². The fraction of sp³-hybridized carbons (Fsp3) is 0.190. The number of benzene rings is 1. The lowest BCUT2D eigenvalue weighted by atomic mass is 10.1. The average Bonchev–Trinajstić information content (AvgIpc) is 3.15. The maximum atomic E-state index is 12.6. The van der Waals surface area contributed by atoms with Crippen LogP contribution < -0.4 is 10.9 Å². The minimum Gasteiger partial charge on any atom is -0.462 e. The number of hydrogen-bond acceptors (Lipinski definition) is 7. The number of hydrogen-bond donors (Lipinski definition) is 1. The van der Waals surface area contributed by atoms with Gasteiger partial charge in [0.2, 0.25) is 5.91 Å². The Morgan fingerprint density at radius 1 is 1.23 bits per heavy atom. The van der Waals surface area contributed by atoms with E-state index in [1.54, 1.807) is 13.0 Å². The molecule has 0 aliphatic rings. The van der Waals surface area contributed by atoms with Crippen molar-refractivity contribution in [1.29, 1.82) is 0 Å². The zero-order valence-corrected chi connectivity index (χ0v) is 17.6. The standard InChI is InChI=1S/C21H19N3O6S/c1-3-30-21(27)16-10-17(14-7-5-4-6-8-14)31-19(16)22-18(25)12-23-11-15(24(28)29)9-13(2)20(23)26/h4-11H,3,12H2,1-2H3,(H,22,25). The average molecular weight is 441 g/mol. The molecule has 2 aromatic heterocycles. The Bertz CT molecular complexity index is 1200. The van der Waals surface area contributed by atoms with Crippen molar-refractivity contribution in [3.63, 3.8) is 0 Å². The molecule has 0 saturated heterocycles. The molecule has 10 heteroatoms. The number of thiophene rings is 1. The van der Waals surface area contributed by atoms with E-state index in [4.69, 9.17) is 4.74 Å². The monoisotopic (exact) mass is 441 g/mol. The van der Waals surface area contributed by atoms with Crippen molar-refractivity contribution < 1.29 is 19.2 Å². The van der Waals surface area contributed by atoms with E-state index in [2.05, 4.69) is 5.32 Å². The third-order valence-electron chi connectivity index (χ3n) is 4.31. The van der Waals surface area contributed by atoms with Gasteiger partial charge >= 0.3 is 5.97 Å². The smallest absolute Gasteiger partial charge is 0.341 e. The number of esters is 1. The summed E-state index contributed by atoms with van der Waals surface area (Å²) in [6.07, 6.45) is 1.02. The lowest BCUT2D eigenvalue weighted by Gasteiger charge is -2.08. The summed E-state index contributed by atoms with van der Waals surface area (Å²) >= 11 is 1.19. The number of amides is 1. The number of rotatable bonds is 7. The predicted octanol–water partition coefficient (Wildman–Crippen LogP) is 3.61. The van der Waals surface area contributed by atoms with Crippen molar-refractivity contribution in [2.24, 2.45) is 0 Å². The van der Waals surface area contributed by atoms with Crippen molar-refractivity contribution >= 4 is 33.9 Å². The zero-order valence-electron chi connectivity index (χ0n) is 16.8. The first-order chi connectivity index (χ1) is 14.8. The van der Waals surface area contributed by atoms with E-state index in [9.17, 15) is 24.5 Å². The Hall–Kier alpha value is -3.79. The van der Waals surface area contributed by atoms with Gasteiger partial charge in [0, 0.05) is 16.5 Å². The lowest BCUT2D eigenvalue weighted by molar-refractivity contribution is -0.385. The number of carbonyl (C=O) groups is 2. The van der Waals surface area contributed by atoms with Gasteiger partial charge in [-0.05, 0) is 25.5 Å². The van der Waals surface area contributed by atoms with Gasteiger partial charge in [-0.1, -0.05) is 30.3 Å². The highest BCUT2D eigenvalue weighted by molar-refractivity contribution is 7.20. The molecule has 0 fully saturated rings. The largest absolute Gasteiger partial charge is 0.462 e. The van der Waals surface area contributed by atoms with Gasteiger partial charge in [-0.3, -0.25) is 24.3 Å². The van der Waals surface area contributed by atoms with E-state index < -0.39 is 28.9 Å². The van der Waals surface area contributed by atoms with E-state index in [0.717, 1.165) is 27.3 Å². The van der Waals surface area contributed by atoms with Crippen LogP contribution >= 0.6 is 11.3 Å². The van der Waals surface area contributed by atoms with Crippen LogP contribution in [0.1, 0.15) is 22.8 Å². The minimum absolute atomic E-state index is 0.150. The maximum Gasteiger partial charge on any atom is 0.341 e. The summed E-state index contributed by atoms with van der Waals surface area (Å²) in [5.41, 5.74) is 0.407.